The fourth-order valence-electron chi connectivity index (χ4n) is 2.82. The number of aromatic amines is 1. The van der Waals surface area contributed by atoms with Gasteiger partial charge in [0.05, 0.1) is 17.6 Å². The predicted molar refractivity (Wildman–Crippen MR) is 85.4 cm³/mol. The van der Waals surface area contributed by atoms with E-state index in [0.717, 1.165) is 36.1 Å². The van der Waals surface area contributed by atoms with Crippen LogP contribution in [0.15, 0.2) is 24.3 Å². The molecule has 1 fully saturated rings. The first-order valence-corrected chi connectivity index (χ1v) is 7.01. The van der Waals surface area contributed by atoms with Gasteiger partial charge in [0.15, 0.2) is 0 Å². The summed E-state index contributed by atoms with van der Waals surface area (Å²) in [5.41, 5.74) is 7.66. The van der Waals surface area contributed by atoms with Crippen LogP contribution in [0.2, 0.25) is 0 Å². The third kappa shape index (κ3) is 3.04. The third-order valence-corrected chi connectivity index (χ3v) is 4.27. The predicted octanol–water partition coefficient (Wildman–Crippen LogP) is 1.72. The summed E-state index contributed by atoms with van der Waals surface area (Å²) in [4.78, 5) is 14.3. The summed E-state index contributed by atoms with van der Waals surface area (Å²) >= 11 is 0. The van der Waals surface area contributed by atoms with E-state index in [1.807, 2.05) is 29.2 Å². The highest BCUT2D eigenvalue weighted by atomic mass is 35.5. The van der Waals surface area contributed by atoms with Gasteiger partial charge in [-0.1, -0.05) is 25.1 Å². The van der Waals surface area contributed by atoms with Crippen LogP contribution in [0.4, 0.5) is 0 Å². The van der Waals surface area contributed by atoms with Gasteiger partial charge in [-0.2, -0.15) is 5.10 Å². The van der Waals surface area contributed by atoms with Crippen LogP contribution in [-0.4, -0.2) is 40.6 Å². The minimum absolute atomic E-state index is 0. The first kappa shape index (κ1) is 15.8. The molecule has 0 spiro atoms. The van der Waals surface area contributed by atoms with Crippen molar-refractivity contribution in [1.29, 1.82) is 0 Å². The minimum Gasteiger partial charge on any atom is -0.342 e. The van der Waals surface area contributed by atoms with E-state index in [4.69, 9.17) is 5.73 Å². The van der Waals surface area contributed by atoms with Gasteiger partial charge >= 0.3 is 0 Å². The first-order valence-electron chi connectivity index (χ1n) is 7.01. The largest absolute Gasteiger partial charge is 0.342 e. The second kappa shape index (κ2) is 6.03. The molecule has 3 rings (SSSR count). The molecule has 1 unspecified atom stereocenters. The molecule has 1 aromatic carbocycles. The second-order valence-corrected chi connectivity index (χ2v) is 5.98. The molecule has 0 aliphatic carbocycles. The summed E-state index contributed by atoms with van der Waals surface area (Å²) in [5.74, 6) is 0.150. The number of benzene rings is 1. The molecule has 0 saturated carbocycles. The maximum atomic E-state index is 12.4. The van der Waals surface area contributed by atoms with Crippen molar-refractivity contribution in [3.05, 3.63) is 30.0 Å². The fraction of sp³-hybridized carbons (Fsp3) is 0.467. The van der Waals surface area contributed by atoms with Gasteiger partial charge in [-0.05, 0) is 24.4 Å². The monoisotopic (exact) mass is 308 g/mol. The highest BCUT2D eigenvalue weighted by Gasteiger charge is 2.34. The average Bonchev–Trinajstić information content (AvgIpc) is 3.04. The smallest absolute Gasteiger partial charge is 0.228 e. The lowest BCUT2D eigenvalue weighted by atomic mass is 9.90. The first-order chi connectivity index (χ1) is 9.61. The molecule has 1 amide bonds. The summed E-state index contributed by atoms with van der Waals surface area (Å²) in [6.07, 6.45) is 1.36. The van der Waals surface area contributed by atoms with Crippen LogP contribution in [0.1, 0.15) is 19.0 Å². The molecule has 114 valence electrons. The molecule has 2 heterocycles. The number of para-hydroxylation sites is 1. The Morgan fingerprint density at radius 3 is 2.95 bits per heavy atom. The summed E-state index contributed by atoms with van der Waals surface area (Å²) in [7, 11) is 0. The van der Waals surface area contributed by atoms with Crippen molar-refractivity contribution in [3.63, 3.8) is 0 Å². The van der Waals surface area contributed by atoms with Gasteiger partial charge in [-0.3, -0.25) is 9.89 Å². The zero-order chi connectivity index (χ0) is 14.2. The Hall–Kier alpha value is -1.59. The lowest BCUT2D eigenvalue weighted by Gasteiger charge is -2.22. The van der Waals surface area contributed by atoms with Crippen molar-refractivity contribution in [2.75, 3.05) is 19.6 Å². The van der Waals surface area contributed by atoms with Crippen molar-refractivity contribution in [2.45, 2.75) is 19.8 Å². The Balaban J connectivity index is 0.00000161. The van der Waals surface area contributed by atoms with E-state index in [0.29, 0.717) is 13.0 Å². The molecule has 3 N–H and O–H groups in total. The maximum Gasteiger partial charge on any atom is 0.228 e. The van der Waals surface area contributed by atoms with Crippen molar-refractivity contribution in [2.24, 2.45) is 11.1 Å². The summed E-state index contributed by atoms with van der Waals surface area (Å²) in [6, 6.07) is 7.85. The van der Waals surface area contributed by atoms with Crippen molar-refractivity contribution in [3.8, 4) is 0 Å². The van der Waals surface area contributed by atoms with Gasteiger partial charge in [-0.15, -0.1) is 12.4 Å². The van der Waals surface area contributed by atoms with Gasteiger partial charge < -0.3 is 10.6 Å². The normalized spacial score (nSPS) is 21.5. The quantitative estimate of drug-likeness (QED) is 0.906. The Bertz CT molecular complexity index is 641. The second-order valence-electron chi connectivity index (χ2n) is 5.98. The number of aromatic nitrogens is 2. The number of carbonyl (C=O) groups excluding carboxylic acids is 1. The third-order valence-electron chi connectivity index (χ3n) is 4.27. The Kier molecular flexibility index (Phi) is 4.54. The van der Waals surface area contributed by atoms with Gasteiger partial charge in [-0.25, -0.2) is 0 Å². The van der Waals surface area contributed by atoms with Crippen LogP contribution in [-0.2, 0) is 11.2 Å². The molecular formula is C15H21ClN4O. The molecule has 1 aromatic heterocycles. The van der Waals surface area contributed by atoms with Crippen LogP contribution in [0.3, 0.4) is 0 Å². The molecule has 6 heteroatoms. The Morgan fingerprint density at radius 1 is 1.48 bits per heavy atom. The molecule has 2 aromatic rings. The average molecular weight is 309 g/mol. The fourth-order valence-corrected chi connectivity index (χ4v) is 2.82. The van der Waals surface area contributed by atoms with Crippen LogP contribution in [0, 0.1) is 5.41 Å². The van der Waals surface area contributed by atoms with Gasteiger partial charge in [0.1, 0.15) is 0 Å². The number of likely N-dealkylation sites (tertiary alicyclic amines) is 1. The van der Waals surface area contributed by atoms with Crippen LogP contribution < -0.4 is 5.73 Å². The Labute approximate surface area is 130 Å². The van der Waals surface area contributed by atoms with Crippen LogP contribution >= 0.6 is 12.4 Å². The van der Waals surface area contributed by atoms with E-state index in [1.54, 1.807) is 0 Å². The Morgan fingerprint density at radius 2 is 2.24 bits per heavy atom. The number of carbonyl (C=O) groups is 1. The van der Waals surface area contributed by atoms with Crippen LogP contribution in [0.25, 0.3) is 10.9 Å². The van der Waals surface area contributed by atoms with Crippen molar-refractivity contribution in [1.82, 2.24) is 15.1 Å². The van der Waals surface area contributed by atoms with E-state index in [2.05, 4.69) is 17.1 Å². The van der Waals surface area contributed by atoms with E-state index in [1.165, 1.54) is 0 Å². The topological polar surface area (TPSA) is 75.0 Å². The molecule has 5 nitrogen and oxygen atoms in total. The molecule has 1 atom stereocenters. The van der Waals surface area contributed by atoms with E-state index < -0.39 is 0 Å². The van der Waals surface area contributed by atoms with Gasteiger partial charge in [0.25, 0.3) is 0 Å². The lowest BCUT2D eigenvalue weighted by Crippen LogP contribution is -2.35. The highest BCUT2D eigenvalue weighted by molar-refractivity contribution is 5.87. The molecule has 21 heavy (non-hydrogen) atoms. The zero-order valence-corrected chi connectivity index (χ0v) is 12.9. The van der Waals surface area contributed by atoms with E-state index in [-0.39, 0.29) is 23.7 Å². The number of fused-ring (bicyclic) bond motifs is 1. The zero-order valence-electron chi connectivity index (χ0n) is 12.1. The number of H-pyrrole nitrogens is 1. The molecule has 0 bridgehead atoms. The number of hydrogen-bond acceptors (Lipinski definition) is 3. The molecule has 1 aliphatic heterocycles. The summed E-state index contributed by atoms with van der Waals surface area (Å²) in [5, 5.41) is 8.24. The number of nitrogens with two attached hydrogens (primary N) is 1. The molecule has 0 radical (unpaired) electrons. The SMILES string of the molecule is CC1(CN)CCN(C(=O)Cc2[nH]nc3ccccc23)C1.Cl. The summed E-state index contributed by atoms with van der Waals surface area (Å²) < 4.78 is 0. The number of amides is 1. The van der Waals surface area contributed by atoms with Crippen LogP contribution in [0.5, 0.6) is 0 Å². The molecule has 1 aliphatic rings. The highest BCUT2D eigenvalue weighted by Crippen LogP contribution is 2.29. The molecular weight excluding hydrogens is 288 g/mol. The van der Waals surface area contributed by atoms with Gasteiger partial charge in [0, 0.05) is 18.5 Å². The minimum atomic E-state index is 0. The van der Waals surface area contributed by atoms with E-state index >= 15 is 0 Å². The standard InChI is InChI=1S/C15H20N4O.ClH/c1-15(9-16)6-7-19(10-15)14(20)8-13-11-4-2-3-5-12(11)17-18-13;/h2-5H,6-10,16H2,1H3,(H,17,18);1H. The molecule has 1 saturated heterocycles. The number of hydrogen-bond donors (Lipinski definition) is 2. The number of nitrogens with one attached hydrogen (secondary N) is 1. The number of nitrogens with zero attached hydrogens (tertiary/aromatic N) is 2. The lowest BCUT2D eigenvalue weighted by molar-refractivity contribution is -0.129. The van der Waals surface area contributed by atoms with Crippen molar-refractivity contribution < 1.29 is 4.79 Å². The maximum absolute atomic E-state index is 12.4. The number of halogens is 1. The number of rotatable bonds is 3. The van der Waals surface area contributed by atoms with E-state index in [9.17, 15) is 4.79 Å². The summed E-state index contributed by atoms with van der Waals surface area (Å²) in [6.45, 7) is 4.34. The van der Waals surface area contributed by atoms with Crippen molar-refractivity contribution >= 4 is 29.2 Å². The van der Waals surface area contributed by atoms with Gasteiger partial charge in [0.2, 0.25) is 5.91 Å².